The first-order valence-corrected chi connectivity index (χ1v) is 8.81. The summed E-state index contributed by atoms with van der Waals surface area (Å²) in [6, 6.07) is 8.05. The van der Waals surface area contributed by atoms with Crippen LogP contribution in [0, 0.1) is 0 Å². The van der Waals surface area contributed by atoms with Crippen LogP contribution in [0.15, 0.2) is 41.7 Å². The van der Waals surface area contributed by atoms with Gasteiger partial charge in [-0.1, -0.05) is 6.07 Å². The molecule has 2 aromatic rings. The Morgan fingerprint density at radius 3 is 2.85 bits per heavy atom. The zero-order chi connectivity index (χ0) is 18.8. The summed E-state index contributed by atoms with van der Waals surface area (Å²) >= 11 is 0. The van der Waals surface area contributed by atoms with Crippen molar-refractivity contribution in [1.82, 2.24) is 19.8 Å². The number of pyridine rings is 1. The predicted molar refractivity (Wildman–Crippen MR) is 103 cm³/mol. The Kier molecular flexibility index (Phi) is 7.95. The largest absolute Gasteiger partial charge is 0.475 e. The van der Waals surface area contributed by atoms with Crippen LogP contribution >= 0.6 is 0 Å². The van der Waals surface area contributed by atoms with Crippen molar-refractivity contribution in [3.63, 3.8) is 0 Å². The molecule has 0 unspecified atom stereocenters. The number of nitrogens with one attached hydrogen (secondary N) is 1. The van der Waals surface area contributed by atoms with Crippen molar-refractivity contribution >= 4 is 5.96 Å². The molecule has 0 saturated carbocycles. The second-order valence-electron chi connectivity index (χ2n) is 5.95. The molecule has 1 N–H and O–H groups in total. The highest BCUT2D eigenvalue weighted by Gasteiger charge is 2.10. The second-order valence-corrected chi connectivity index (χ2v) is 5.95. The molecule has 2 heterocycles. The highest BCUT2D eigenvalue weighted by atomic mass is 16.5. The molecule has 2 rings (SSSR count). The normalized spacial score (nSPS) is 11.5. The lowest BCUT2D eigenvalue weighted by Crippen LogP contribution is -2.38. The van der Waals surface area contributed by atoms with Crippen molar-refractivity contribution in [2.24, 2.45) is 12.0 Å². The summed E-state index contributed by atoms with van der Waals surface area (Å²) < 4.78 is 12.8. The minimum absolute atomic E-state index is 0.470. The topological polar surface area (TPSA) is 63.9 Å². The van der Waals surface area contributed by atoms with Crippen LogP contribution in [0.5, 0.6) is 5.88 Å². The third-order valence-corrected chi connectivity index (χ3v) is 3.92. The maximum absolute atomic E-state index is 5.69. The molecule has 0 fully saturated rings. The van der Waals surface area contributed by atoms with E-state index in [9.17, 15) is 0 Å². The summed E-state index contributed by atoms with van der Waals surface area (Å²) in [6.45, 7) is 5.14. The number of aliphatic imine (C=N–C) groups is 1. The number of nitrogens with zero attached hydrogens (tertiary/aromatic N) is 4. The average molecular weight is 359 g/mol. The molecular formula is C19H29N5O2. The van der Waals surface area contributed by atoms with E-state index >= 15 is 0 Å². The summed E-state index contributed by atoms with van der Waals surface area (Å²) in [7, 11) is 5.73. The molecule has 0 aliphatic rings. The molecule has 7 heteroatoms. The number of rotatable bonds is 9. The molecule has 0 saturated heterocycles. The monoisotopic (exact) mass is 359 g/mol. The SMILES string of the molecule is CCNC(=NCc1cccnc1OCCOC)N(C)Cc1cccn1C. The van der Waals surface area contributed by atoms with Crippen LogP contribution in [-0.2, 0) is 24.9 Å². The zero-order valence-corrected chi connectivity index (χ0v) is 16.1. The average Bonchev–Trinajstić information content (AvgIpc) is 3.04. The van der Waals surface area contributed by atoms with E-state index in [-0.39, 0.29) is 0 Å². The van der Waals surface area contributed by atoms with Gasteiger partial charge in [0.1, 0.15) is 6.61 Å². The summed E-state index contributed by atoms with van der Waals surface area (Å²) in [6.07, 6.45) is 3.77. The lowest BCUT2D eigenvalue weighted by atomic mass is 10.3. The number of ether oxygens (including phenoxy) is 2. The van der Waals surface area contributed by atoms with Gasteiger partial charge in [0.25, 0.3) is 0 Å². The molecule has 7 nitrogen and oxygen atoms in total. The Balaban J connectivity index is 2.07. The number of guanidine groups is 1. The van der Waals surface area contributed by atoms with Gasteiger partial charge in [-0.15, -0.1) is 0 Å². The summed E-state index contributed by atoms with van der Waals surface area (Å²) in [5, 5.41) is 3.34. The van der Waals surface area contributed by atoms with Gasteiger partial charge in [-0.05, 0) is 25.1 Å². The number of hydrogen-bond acceptors (Lipinski definition) is 4. The van der Waals surface area contributed by atoms with Crippen LogP contribution in [0.25, 0.3) is 0 Å². The molecule has 142 valence electrons. The first kappa shape index (κ1) is 19.8. The third kappa shape index (κ3) is 5.77. The molecule has 0 amide bonds. The quantitative estimate of drug-likeness (QED) is 0.422. The summed E-state index contributed by atoms with van der Waals surface area (Å²) in [5.41, 5.74) is 2.18. The number of hydrogen-bond donors (Lipinski definition) is 1. The molecule has 0 aliphatic heterocycles. The predicted octanol–water partition coefficient (Wildman–Crippen LogP) is 2.04. The first-order valence-electron chi connectivity index (χ1n) is 8.81. The Labute approximate surface area is 155 Å². The summed E-state index contributed by atoms with van der Waals surface area (Å²) in [4.78, 5) is 11.2. The third-order valence-electron chi connectivity index (χ3n) is 3.92. The van der Waals surface area contributed by atoms with E-state index in [1.165, 1.54) is 5.69 Å². The molecule has 0 spiro atoms. The molecule has 0 radical (unpaired) electrons. The molecule has 0 bridgehead atoms. The first-order chi connectivity index (χ1) is 12.7. The minimum atomic E-state index is 0.470. The van der Waals surface area contributed by atoms with Crippen molar-refractivity contribution < 1.29 is 9.47 Å². The van der Waals surface area contributed by atoms with E-state index in [2.05, 4.69) is 32.8 Å². The van der Waals surface area contributed by atoms with E-state index in [0.29, 0.717) is 25.6 Å². The van der Waals surface area contributed by atoms with E-state index < -0.39 is 0 Å². The maximum Gasteiger partial charge on any atom is 0.218 e. The fourth-order valence-electron chi connectivity index (χ4n) is 2.50. The van der Waals surface area contributed by atoms with Crippen molar-refractivity contribution in [3.05, 3.63) is 47.9 Å². The molecule has 0 atom stereocenters. The van der Waals surface area contributed by atoms with E-state index in [1.807, 2.05) is 38.5 Å². The Morgan fingerprint density at radius 1 is 1.31 bits per heavy atom. The van der Waals surface area contributed by atoms with Crippen LogP contribution in [0.3, 0.4) is 0 Å². The van der Waals surface area contributed by atoms with Gasteiger partial charge in [0.2, 0.25) is 5.88 Å². The molecule has 0 aromatic carbocycles. The zero-order valence-electron chi connectivity index (χ0n) is 16.1. The lowest BCUT2D eigenvalue weighted by Gasteiger charge is -2.22. The van der Waals surface area contributed by atoms with Gasteiger partial charge in [0.15, 0.2) is 5.96 Å². The van der Waals surface area contributed by atoms with Crippen LogP contribution < -0.4 is 10.1 Å². The van der Waals surface area contributed by atoms with Gasteiger partial charge in [0.05, 0.1) is 19.7 Å². The van der Waals surface area contributed by atoms with E-state index in [1.54, 1.807) is 13.3 Å². The number of methoxy groups -OCH3 is 1. The van der Waals surface area contributed by atoms with Crippen molar-refractivity contribution in [2.45, 2.75) is 20.0 Å². The highest BCUT2D eigenvalue weighted by Crippen LogP contribution is 2.15. The molecule has 0 aliphatic carbocycles. The van der Waals surface area contributed by atoms with Gasteiger partial charge < -0.3 is 24.3 Å². The fourth-order valence-corrected chi connectivity index (χ4v) is 2.50. The van der Waals surface area contributed by atoms with E-state index in [0.717, 1.165) is 24.6 Å². The number of aryl methyl sites for hydroxylation is 1. The Bertz CT molecular complexity index is 699. The van der Waals surface area contributed by atoms with Crippen molar-refractivity contribution in [1.29, 1.82) is 0 Å². The highest BCUT2D eigenvalue weighted by molar-refractivity contribution is 5.79. The van der Waals surface area contributed by atoms with Crippen LogP contribution in [0.1, 0.15) is 18.2 Å². The van der Waals surface area contributed by atoms with E-state index in [4.69, 9.17) is 14.5 Å². The van der Waals surface area contributed by atoms with Crippen molar-refractivity contribution in [2.75, 3.05) is 33.9 Å². The van der Waals surface area contributed by atoms with Crippen molar-refractivity contribution in [3.8, 4) is 5.88 Å². The van der Waals surface area contributed by atoms with Gasteiger partial charge in [-0.2, -0.15) is 0 Å². The van der Waals surface area contributed by atoms with Gasteiger partial charge in [-0.25, -0.2) is 9.98 Å². The van der Waals surface area contributed by atoms with Gasteiger partial charge in [0, 0.05) is 51.4 Å². The molecule has 26 heavy (non-hydrogen) atoms. The smallest absolute Gasteiger partial charge is 0.218 e. The molecular weight excluding hydrogens is 330 g/mol. The maximum atomic E-state index is 5.69. The van der Waals surface area contributed by atoms with Crippen LogP contribution in [0.2, 0.25) is 0 Å². The number of aromatic nitrogens is 2. The second kappa shape index (κ2) is 10.5. The Hall–Kier alpha value is -2.54. The molecule has 2 aromatic heterocycles. The lowest BCUT2D eigenvalue weighted by molar-refractivity contribution is 0.143. The Morgan fingerprint density at radius 2 is 2.15 bits per heavy atom. The van der Waals surface area contributed by atoms with Gasteiger partial charge >= 0.3 is 0 Å². The minimum Gasteiger partial charge on any atom is -0.475 e. The fraction of sp³-hybridized carbons (Fsp3) is 0.474. The summed E-state index contributed by atoms with van der Waals surface area (Å²) in [5.74, 6) is 1.45. The van der Waals surface area contributed by atoms with Crippen LogP contribution in [-0.4, -0.2) is 54.3 Å². The van der Waals surface area contributed by atoms with Gasteiger partial charge in [-0.3, -0.25) is 0 Å². The standard InChI is InChI=1S/C19H29N5O2/c1-5-20-19(24(3)15-17-9-7-11-23(17)2)22-14-16-8-6-10-21-18(16)26-13-12-25-4/h6-11H,5,12-15H2,1-4H3,(H,20,22). The van der Waals surface area contributed by atoms with Crippen LogP contribution in [0.4, 0.5) is 0 Å².